The van der Waals surface area contributed by atoms with E-state index < -0.39 is 5.54 Å². The van der Waals surface area contributed by atoms with Gasteiger partial charge in [0.2, 0.25) is 0 Å². The molecule has 5 heteroatoms. The van der Waals surface area contributed by atoms with Gasteiger partial charge in [0.1, 0.15) is 5.54 Å². The molecule has 5 nitrogen and oxygen atoms in total. The van der Waals surface area contributed by atoms with Gasteiger partial charge in [-0.05, 0) is 19.8 Å². The average molecular weight is 231 g/mol. The fraction of sp³-hybridized carbons (Fsp3) is 0.909. The lowest BCUT2D eigenvalue weighted by molar-refractivity contribution is -0.151. The Morgan fingerprint density at radius 3 is 2.56 bits per heavy atom. The second-order valence-corrected chi connectivity index (χ2v) is 4.29. The number of hydrogen-bond donors (Lipinski definition) is 1. The first-order valence-electron chi connectivity index (χ1n) is 5.55. The topological polar surface area (TPSA) is 56.8 Å². The van der Waals surface area contributed by atoms with Gasteiger partial charge >= 0.3 is 5.97 Å². The largest absolute Gasteiger partial charge is 0.468 e. The van der Waals surface area contributed by atoms with Crippen LogP contribution in [-0.4, -0.2) is 51.6 Å². The Labute approximate surface area is 96.4 Å². The van der Waals surface area contributed by atoms with Crippen molar-refractivity contribution >= 4 is 5.97 Å². The van der Waals surface area contributed by atoms with E-state index in [9.17, 15) is 4.79 Å². The van der Waals surface area contributed by atoms with E-state index in [1.165, 1.54) is 7.11 Å². The van der Waals surface area contributed by atoms with E-state index in [4.69, 9.17) is 14.2 Å². The standard InChI is InChI=1S/C11H21NO4/c1-11(10(13)15-3,12-9-4-5-9)8-16-7-6-14-2/h9,12H,4-8H2,1-3H3. The second-order valence-electron chi connectivity index (χ2n) is 4.29. The van der Waals surface area contributed by atoms with Crippen molar-refractivity contribution in [3.05, 3.63) is 0 Å². The van der Waals surface area contributed by atoms with Crippen LogP contribution in [0.2, 0.25) is 0 Å². The zero-order valence-electron chi connectivity index (χ0n) is 10.2. The van der Waals surface area contributed by atoms with Crippen molar-refractivity contribution < 1.29 is 19.0 Å². The molecular weight excluding hydrogens is 210 g/mol. The number of hydrogen-bond acceptors (Lipinski definition) is 5. The van der Waals surface area contributed by atoms with Crippen molar-refractivity contribution in [3.63, 3.8) is 0 Å². The van der Waals surface area contributed by atoms with E-state index in [1.54, 1.807) is 7.11 Å². The van der Waals surface area contributed by atoms with Gasteiger partial charge < -0.3 is 14.2 Å². The van der Waals surface area contributed by atoms with Gasteiger partial charge in [-0.25, -0.2) is 4.79 Å². The second kappa shape index (κ2) is 6.18. The summed E-state index contributed by atoms with van der Waals surface area (Å²) < 4.78 is 15.1. The summed E-state index contributed by atoms with van der Waals surface area (Å²) in [4.78, 5) is 11.7. The van der Waals surface area contributed by atoms with Crippen LogP contribution in [0.25, 0.3) is 0 Å². The van der Waals surface area contributed by atoms with Crippen LogP contribution in [0.4, 0.5) is 0 Å². The molecule has 0 heterocycles. The molecule has 1 saturated carbocycles. The van der Waals surface area contributed by atoms with Gasteiger partial charge in [-0.15, -0.1) is 0 Å². The first-order chi connectivity index (χ1) is 7.62. The van der Waals surface area contributed by atoms with Crippen LogP contribution in [0, 0.1) is 0 Å². The van der Waals surface area contributed by atoms with Crippen LogP contribution in [-0.2, 0) is 19.0 Å². The summed E-state index contributed by atoms with van der Waals surface area (Å²) in [6.07, 6.45) is 2.23. The number of nitrogens with one attached hydrogen (secondary N) is 1. The first-order valence-corrected chi connectivity index (χ1v) is 5.55. The molecule has 1 atom stereocenters. The van der Waals surface area contributed by atoms with E-state index in [-0.39, 0.29) is 5.97 Å². The SMILES string of the molecule is COCCOCC(C)(NC1CC1)C(=O)OC. The molecule has 1 fully saturated rings. The quantitative estimate of drug-likeness (QED) is 0.482. The monoisotopic (exact) mass is 231 g/mol. The summed E-state index contributed by atoms with van der Waals surface area (Å²) in [7, 11) is 3.01. The van der Waals surface area contributed by atoms with Crippen LogP contribution in [0.3, 0.4) is 0 Å². The Bertz CT molecular complexity index is 230. The van der Waals surface area contributed by atoms with Crippen LogP contribution in [0.15, 0.2) is 0 Å². The number of carbonyl (C=O) groups is 1. The van der Waals surface area contributed by atoms with Crippen molar-refractivity contribution in [2.24, 2.45) is 0 Å². The molecule has 0 aromatic rings. The van der Waals surface area contributed by atoms with Crippen LogP contribution >= 0.6 is 0 Å². The van der Waals surface area contributed by atoms with Crippen LogP contribution < -0.4 is 5.32 Å². The molecule has 0 spiro atoms. The van der Waals surface area contributed by atoms with Crippen LogP contribution in [0.5, 0.6) is 0 Å². The smallest absolute Gasteiger partial charge is 0.328 e. The zero-order chi connectivity index (χ0) is 12.0. The van der Waals surface area contributed by atoms with Crippen molar-refractivity contribution in [2.75, 3.05) is 34.0 Å². The lowest BCUT2D eigenvalue weighted by Crippen LogP contribution is -2.54. The van der Waals surface area contributed by atoms with Crippen molar-refractivity contribution in [1.82, 2.24) is 5.32 Å². The Kier molecular flexibility index (Phi) is 5.18. The van der Waals surface area contributed by atoms with Gasteiger partial charge in [0.25, 0.3) is 0 Å². The normalized spacial score (nSPS) is 19.2. The van der Waals surface area contributed by atoms with E-state index in [1.807, 2.05) is 6.92 Å². The predicted molar refractivity (Wildman–Crippen MR) is 59.3 cm³/mol. The minimum absolute atomic E-state index is 0.281. The fourth-order valence-corrected chi connectivity index (χ4v) is 1.48. The maximum absolute atomic E-state index is 11.7. The van der Waals surface area contributed by atoms with Crippen LogP contribution in [0.1, 0.15) is 19.8 Å². The third-order valence-electron chi connectivity index (χ3n) is 2.56. The van der Waals surface area contributed by atoms with Crippen molar-refractivity contribution in [2.45, 2.75) is 31.3 Å². The molecule has 0 bridgehead atoms. The van der Waals surface area contributed by atoms with E-state index in [0.29, 0.717) is 25.9 Å². The van der Waals surface area contributed by atoms with E-state index in [0.717, 1.165) is 12.8 Å². The summed E-state index contributed by atoms with van der Waals surface area (Å²) in [6, 6.07) is 0.426. The van der Waals surface area contributed by atoms with E-state index >= 15 is 0 Å². The van der Waals surface area contributed by atoms with Gasteiger partial charge in [0.05, 0.1) is 26.9 Å². The van der Waals surface area contributed by atoms with Crippen molar-refractivity contribution in [3.8, 4) is 0 Å². The lowest BCUT2D eigenvalue weighted by atomic mass is 10.0. The van der Waals surface area contributed by atoms with Gasteiger partial charge in [0.15, 0.2) is 0 Å². The molecule has 1 rings (SSSR count). The highest BCUT2D eigenvalue weighted by atomic mass is 16.5. The minimum atomic E-state index is -0.746. The Morgan fingerprint density at radius 2 is 2.06 bits per heavy atom. The molecule has 0 aromatic carbocycles. The van der Waals surface area contributed by atoms with Gasteiger partial charge in [-0.3, -0.25) is 5.32 Å². The molecule has 1 aliphatic rings. The Balaban J connectivity index is 2.38. The van der Waals surface area contributed by atoms with Gasteiger partial charge in [-0.1, -0.05) is 0 Å². The number of carbonyl (C=O) groups excluding carboxylic acids is 1. The maximum Gasteiger partial charge on any atom is 0.328 e. The Morgan fingerprint density at radius 1 is 1.38 bits per heavy atom. The zero-order valence-corrected chi connectivity index (χ0v) is 10.2. The van der Waals surface area contributed by atoms with Crippen molar-refractivity contribution in [1.29, 1.82) is 0 Å². The molecule has 94 valence electrons. The molecule has 0 aliphatic heterocycles. The molecule has 16 heavy (non-hydrogen) atoms. The summed E-state index contributed by atoms with van der Waals surface area (Å²) >= 11 is 0. The molecular formula is C11H21NO4. The molecule has 0 saturated heterocycles. The molecule has 0 amide bonds. The number of ether oxygens (including phenoxy) is 3. The summed E-state index contributed by atoms with van der Waals surface area (Å²) in [6.45, 7) is 3.12. The summed E-state index contributed by atoms with van der Waals surface area (Å²) in [5.74, 6) is -0.281. The molecule has 0 aromatic heterocycles. The third kappa shape index (κ3) is 4.08. The maximum atomic E-state index is 11.7. The molecule has 0 radical (unpaired) electrons. The van der Waals surface area contributed by atoms with E-state index in [2.05, 4.69) is 5.32 Å². The van der Waals surface area contributed by atoms with Gasteiger partial charge in [0, 0.05) is 13.2 Å². The minimum Gasteiger partial charge on any atom is -0.468 e. The molecule has 1 aliphatic carbocycles. The number of rotatable bonds is 8. The number of esters is 1. The summed E-state index contributed by atoms with van der Waals surface area (Å²) in [5, 5.41) is 3.25. The highest BCUT2D eigenvalue weighted by molar-refractivity contribution is 5.80. The summed E-state index contributed by atoms with van der Waals surface area (Å²) in [5.41, 5.74) is -0.746. The lowest BCUT2D eigenvalue weighted by Gasteiger charge is -2.27. The Hall–Kier alpha value is -0.650. The predicted octanol–water partition coefficient (Wildman–Crippen LogP) is 0.333. The molecule has 1 N–H and O–H groups in total. The highest BCUT2D eigenvalue weighted by Gasteiger charge is 2.39. The number of methoxy groups -OCH3 is 2. The molecule has 1 unspecified atom stereocenters. The third-order valence-corrected chi connectivity index (χ3v) is 2.56. The first kappa shape index (κ1) is 13.4. The average Bonchev–Trinajstić information content (AvgIpc) is 3.07. The highest BCUT2D eigenvalue weighted by Crippen LogP contribution is 2.23. The fourth-order valence-electron chi connectivity index (χ4n) is 1.48. The van der Waals surface area contributed by atoms with Gasteiger partial charge in [-0.2, -0.15) is 0 Å².